The number of rotatable bonds is 9. The van der Waals surface area contributed by atoms with Gasteiger partial charge in [0, 0.05) is 35.1 Å². The van der Waals surface area contributed by atoms with Gasteiger partial charge in [0.15, 0.2) is 0 Å². The van der Waals surface area contributed by atoms with E-state index in [1.54, 1.807) is 18.6 Å². The highest BCUT2D eigenvalue weighted by Gasteiger charge is 2.20. The van der Waals surface area contributed by atoms with Crippen LogP contribution in [0.4, 0.5) is 0 Å². The van der Waals surface area contributed by atoms with Crippen molar-refractivity contribution >= 4 is 23.1 Å². The Morgan fingerprint density at radius 2 is 2.06 bits per heavy atom. The van der Waals surface area contributed by atoms with Crippen molar-refractivity contribution in [3.8, 4) is 11.1 Å². The van der Waals surface area contributed by atoms with Crippen LogP contribution < -0.4 is 0 Å². The standard InChI is InChI=1S/C24H23ClN4O3/c1-2-19-6-8-22-24(16-4-3-5-17(25)12-16)20(7-9-23(30)31)21(28-29(19)22)15-32-14-18-13-26-10-11-27-18/h3-6,8,10-13H,2,7,9,14-15H2,1H3,(H,30,31). The molecule has 8 heteroatoms. The molecule has 0 unspecified atom stereocenters. The Balaban J connectivity index is 1.82. The van der Waals surface area contributed by atoms with Crippen LogP contribution in [0.15, 0.2) is 55.0 Å². The van der Waals surface area contributed by atoms with E-state index in [1.807, 2.05) is 40.9 Å². The molecule has 0 atom stereocenters. The number of hydrogen-bond donors (Lipinski definition) is 1. The number of halogens is 1. The number of carboxylic acid groups (broad SMARTS) is 1. The van der Waals surface area contributed by atoms with E-state index >= 15 is 0 Å². The maximum absolute atomic E-state index is 11.4. The number of nitrogens with zero attached hydrogens (tertiary/aromatic N) is 4. The first-order valence-corrected chi connectivity index (χ1v) is 10.8. The lowest BCUT2D eigenvalue weighted by atomic mass is 9.95. The Morgan fingerprint density at radius 3 is 2.78 bits per heavy atom. The molecule has 0 saturated carbocycles. The van der Waals surface area contributed by atoms with Crippen molar-refractivity contribution in [2.75, 3.05) is 0 Å². The molecule has 0 aliphatic heterocycles. The van der Waals surface area contributed by atoms with Crippen LogP contribution in [0.5, 0.6) is 0 Å². The summed E-state index contributed by atoms with van der Waals surface area (Å²) in [6.07, 6.45) is 6.01. The topological polar surface area (TPSA) is 89.6 Å². The molecule has 0 aliphatic carbocycles. The van der Waals surface area contributed by atoms with Crippen molar-refractivity contribution in [2.45, 2.75) is 39.4 Å². The van der Waals surface area contributed by atoms with Gasteiger partial charge in [0.2, 0.25) is 0 Å². The van der Waals surface area contributed by atoms with E-state index in [9.17, 15) is 9.90 Å². The monoisotopic (exact) mass is 450 g/mol. The normalized spacial score (nSPS) is 11.2. The second kappa shape index (κ2) is 9.89. The van der Waals surface area contributed by atoms with Crippen LogP contribution in [-0.4, -0.2) is 30.7 Å². The summed E-state index contributed by atoms with van der Waals surface area (Å²) in [5, 5.41) is 14.8. The molecule has 0 radical (unpaired) electrons. The predicted molar refractivity (Wildman–Crippen MR) is 121 cm³/mol. The highest BCUT2D eigenvalue weighted by Crippen LogP contribution is 2.34. The molecule has 1 N–H and O–H groups in total. The molecule has 0 spiro atoms. The fraction of sp³-hybridized carbons (Fsp3) is 0.250. The molecule has 3 aromatic heterocycles. The molecular weight excluding hydrogens is 428 g/mol. The summed E-state index contributed by atoms with van der Waals surface area (Å²) in [5.41, 5.74) is 6.09. The first-order chi connectivity index (χ1) is 15.6. The van der Waals surface area contributed by atoms with Crippen LogP contribution in [0.2, 0.25) is 5.02 Å². The minimum absolute atomic E-state index is 0.01000. The third-order valence-electron chi connectivity index (χ3n) is 5.23. The molecule has 4 rings (SSSR count). The highest BCUT2D eigenvalue weighted by molar-refractivity contribution is 6.30. The maximum Gasteiger partial charge on any atom is 0.303 e. The van der Waals surface area contributed by atoms with E-state index in [0.717, 1.165) is 34.3 Å². The average Bonchev–Trinajstić information content (AvgIpc) is 3.20. The zero-order chi connectivity index (χ0) is 22.5. The molecule has 0 aliphatic rings. The van der Waals surface area contributed by atoms with E-state index < -0.39 is 5.97 Å². The Morgan fingerprint density at radius 1 is 1.19 bits per heavy atom. The number of fused-ring (bicyclic) bond motifs is 1. The molecule has 4 aromatic rings. The second-order valence-electron chi connectivity index (χ2n) is 7.37. The third kappa shape index (κ3) is 4.79. The predicted octanol–water partition coefficient (Wildman–Crippen LogP) is 4.74. The summed E-state index contributed by atoms with van der Waals surface area (Å²) in [4.78, 5) is 19.7. The van der Waals surface area contributed by atoms with Crippen LogP contribution in [-0.2, 0) is 35.6 Å². The van der Waals surface area contributed by atoms with Crippen LogP contribution in [0.3, 0.4) is 0 Å². The van der Waals surface area contributed by atoms with Gasteiger partial charge in [0.25, 0.3) is 0 Å². The van der Waals surface area contributed by atoms with E-state index in [1.165, 1.54) is 0 Å². The van der Waals surface area contributed by atoms with Crippen LogP contribution in [0.25, 0.3) is 16.6 Å². The molecule has 32 heavy (non-hydrogen) atoms. The molecule has 164 valence electrons. The Labute approximate surface area is 190 Å². The second-order valence-corrected chi connectivity index (χ2v) is 7.81. The van der Waals surface area contributed by atoms with E-state index in [4.69, 9.17) is 21.4 Å². The first-order valence-electron chi connectivity index (χ1n) is 10.4. The van der Waals surface area contributed by atoms with Gasteiger partial charge in [0.1, 0.15) is 0 Å². The summed E-state index contributed by atoms with van der Waals surface area (Å²) in [6.45, 7) is 2.58. The quantitative estimate of drug-likeness (QED) is 0.396. The summed E-state index contributed by atoms with van der Waals surface area (Å²) in [6, 6.07) is 11.7. The number of aliphatic carboxylic acids is 1. The molecule has 0 fully saturated rings. The lowest BCUT2D eigenvalue weighted by Crippen LogP contribution is -2.11. The Hall–Kier alpha value is -3.29. The summed E-state index contributed by atoms with van der Waals surface area (Å²) < 4.78 is 7.83. The highest BCUT2D eigenvalue weighted by atomic mass is 35.5. The van der Waals surface area contributed by atoms with Crippen molar-refractivity contribution in [3.05, 3.63) is 82.7 Å². The van der Waals surface area contributed by atoms with E-state index in [-0.39, 0.29) is 19.6 Å². The van der Waals surface area contributed by atoms with Gasteiger partial charge in [-0.2, -0.15) is 5.10 Å². The van der Waals surface area contributed by atoms with Gasteiger partial charge >= 0.3 is 5.97 Å². The van der Waals surface area contributed by atoms with Crippen LogP contribution in [0.1, 0.15) is 36.0 Å². The Kier molecular flexibility index (Phi) is 6.78. The lowest BCUT2D eigenvalue weighted by Gasteiger charge is -2.17. The van der Waals surface area contributed by atoms with Crippen molar-refractivity contribution in [1.29, 1.82) is 0 Å². The summed E-state index contributed by atoms with van der Waals surface area (Å²) in [7, 11) is 0. The van der Waals surface area contributed by atoms with Crippen LogP contribution >= 0.6 is 11.6 Å². The summed E-state index contributed by atoms with van der Waals surface area (Å²) in [5.74, 6) is -0.863. The smallest absolute Gasteiger partial charge is 0.303 e. The fourth-order valence-corrected chi connectivity index (χ4v) is 3.96. The zero-order valence-electron chi connectivity index (χ0n) is 17.7. The molecule has 0 bridgehead atoms. The third-order valence-corrected chi connectivity index (χ3v) is 5.47. The number of aromatic nitrogens is 4. The number of ether oxygens (including phenoxy) is 1. The van der Waals surface area contributed by atoms with Gasteiger partial charge in [-0.05, 0) is 48.2 Å². The molecule has 7 nitrogen and oxygen atoms in total. The minimum Gasteiger partial charge on any atom is -0.481 e. The fourth-order valence-electron chi connectivity index (χ4n) is 3.77. The van der Waals surface area contributed by atoms with Gasteiger partial charge in [0.05, 0.1) is 36.3 Å². The number of carboxylic acids is 1. The van der Waals surface area contributed by atoms with Crippen molar-refractivity contribution in [1.82, 2.24) is 19.6 Å². The molecule has 0 amide bonds. The summed E-state index contributed by atoms with van der Waals surface area (Å²) >= 11 is 6.30. The van der Waals surface area contributed by atoms with Crippen LogP contribution in [0, 0.1) is 0 Å². The number of hydrogen-bond acceptors (Lipinski definition) is 5. The SMILES string of the molecule is CCc1ccc2c(-c3cccc(Cl)c3)c(CCC(=O)O)c(COCc3cnccn3)nn12. The van der Waals surface area contributed by atoms with Gasteiger partial charge in [-0.1, -0.05) is 30.7 Å². The lowest BCUT2D eigenvalue weighted by molar-refractivity contribution is -0.136. The zero-order valence-corrected chi connectivity index (χ0v) is 18.4. The van der Waals surface area contributed by atoms with Crippen molar-refractivity contribution in [3.63, 3.8) is 0 Å². The van der Waals surface area contributed by atoms with Gasteiger partial charge in [-0.15, -0.1) is 0 Å². The number of aryl methyl sites for hydroxylation is 1. The molecule has 1 aromatic carbocycles. The number of benzene rings is 1. The molecular formula is C24H23ClN4O3. The van der Waals surface area contributed by atoms with Gasteiger partial charge in [-0.3, -0.25) is 14.8 Å². The van der Waals surface area contributed by atoms with E-state index in [0.29, 0.717) is 22.8 Å². The first kappa shape index (κ1) is 21.9. The number of carbonyl (C=O) groups is 1. The molecule has 0 saturated heterocycles. The largest absolute Gasteiger partial charge is 0.481 e. The van der Waals surface area contributed by atoms with Gasteiger partial charge < -0.3 is 9.84 Å². The maximum atomic E-state index is 11.4. The van der Waals surface area contributed by atoms with Crippen molar-refractivity contribution < 1.29 is 14.6 Å². The molecule has 3 heterocycles. The van der Waals surface area contributed by atoms with E-state index in [2.05, 4.69) is 16.9 Å². The minimum atomic E-state index is -0.863. The van der Waals surface area contributed by atoms with Gasteiger partial charge in [-0.25, -0.2) is 4.52 Å². The average molecular weight is 451 g/mol. The Bertz CT molecular complexity index is 1240. The van der Waals surface area contributed by atoms with Crippen molar-refractivity contribution in [2.24, 2.45) is 0 Å².